The number of benzene rings is 1. The van der Waals surface area contributed by atoms with Gasteiger partial charge in [0.1, 0.15) is 5.82 Å². The van der Waals surface area contributed by atoms with Crippen molar-refractivity contribution in [3.63, 3.8) is 0 Å². The number of carbonyl (C=O) groups is 1. The molecular formula is C13H19FN2O3. The fourth-order valence-electron chi connectivity index (χ4n) is 1.59. The summed E-state index contributed by atoms with van der Waals surface area (Å²) >= 11 is 0. The lowest BCUT2D eigenvalue weighted by molar-refractivity contribution is 0.0623. The molecule has 0 radical (unpaired) electrons. The van der Waals surface area contributed by atoms with Gasteiger partial charge < -0.3 is 20.1 Å². The Bertz CT molecular complexity index is 418. The number of methoxy groups -OCH3 is 2. The third kappa shape index (κ3) is 4.50. The number of nitrogens with two attached hydrogens (primary N) is 1. The summed E-state index contributed by atoms with van der Waals surface area (Å²) in [7, 11) is 3.09. The lowest BCUT2D eigenvalue weighted by atomic mass is 10.1. The van der Waals surface area contributed by atoms with Crippen LogP contribution in [0.4, 0.5) is 10.1 Å². The van der Waals surface area contributed by atoms with Gasteiger partial charge in [0.05, 0.1) is 18.8 Å². The van der Waals surface area contributed by atoms with E-state index in [1.165, 1.54) is 17.0 Å². The number of nitrogens with zero attached hydrogens (tertiary/aromatic N) is 1. The van der Waals surface area contributed by atoms with E-state index in [9.17, 15) is 9.18 Å². The van der Waals surface area contributed by atoms with Crippen LogP contribution in [0.2, 0.25) is 0 Å². The van der Waals surface area contributed by atoms with Gasteiger partial charge in [-0.1, -0.05) is 0 Å². The SMILES string of the molecule is COCCN(CCOC)C(=O)c1ccc(N)cc1F. The van der Waals surface area contributed by atoms with E-state index < -0.39 is 11.7 Å². The molecule has 0 aliphatic heterocycles. The molecule has 6 heteroatoms. The van der Waals surface area contributed by atoms with Gasteiger partial charge in [-0.2, -0.15) is 0 Å². The fourth-order valence-corrected chi connectivity index (χ4v) is 1.59. The van der Waals surface area contributed by atoms with Gasteiger partial charge in [-0.3, -0.25) is 4.79 Å². The first-order chi connectivity index (χ1) is 9.10. The molecule has 0 saturated carbocycles. The van der Waals surface area contributed by atoms with Gasteiger partial charge in [0.15, 0.2) is 0 Å². The van der Waals surface area contributed by atoms with Gasteiger partial charge in [-0.15, -0.1) is 0 Å². The first-order valence-corrected chi connectivity index (χ1v) is 5.92. The van der Waals surface area contributed by atoms with E-state index in [0.29, 0.717) is 26.3 Å². The van der Waals surface area contributed by atoms with E-state index in [4.69, 9.17) is 15.2 Å². The number of carbonyl (C=O) groups excluding carboxylic acids is 1. The van der Waals surface area contributed by atoms with Crippen LogP contribution in [0, 0.1) is 5.82 Å². The zero-order valence-electron chi connectivity index (χ0n) is 11.2. The van der Waals surface area contributed by atoms with Crippen LogP contribution in [0.3, 0.4) is 0 Å². The maximum Gasteiger partial charge on any atom is 0.256 e. The van der Waals surface area contributed by atoms with Crippen molar-refractivity contribution in [1.82, 2.24) is 4.90 Å². The van der Waals surface area contributed by atoms with Crippen molar-refractivity contribution in [3.05, 3.63) is 29.6 Å². The highest BCUT2D eigenvalue weighted by Crippen LogP contribution is 2.14. The molecule has 1 aromatic rings. The second kappa shape index (κ2) is 7.70. The van der Waals surface area contributed by atoms with Crippen LogP contribution in [0.1, 0.15) is 10.4 Å². The Balaban J connectivity index is 2.84. The van der Waals surface area contributed by atoms with E-state index in [1.54, 1.807) is 14.2 Å². The predicted molar refractivity (Wildman–Crippen MR) is 70.5 cm³/mol. The Morgan fingerprint density at radius 3 is 2.32 bits per heavy atom. The summed E-state index contributed by atoms with van der Waals surface area (Å²) < 4.78 is 23.6. The molecule has 0 saturated heterocycles. The highest BCUT2D eigenvalue weighted by molar-refractivity contribution is 5.94. The Morgan fingerprint density at radius 1 is 1.26 bits per heavy atom. The van der Waals surface area contributed by atoms with Crippen LogP contribution in [0.25, 0.3) is 0 Å². The summed E-state index contributed by atoms with van der Waals surface area (Å²) in [6, 6.07) is 4.03. The van der Waals surface area contributed by atoms with Gasteiger partial charge >= 0.3 is 0 Å². The molecule has 0 unspecified atom stereocenters. The smallest absolute Gasteiger partial charge is 0.256 e. The average Bonchev–Trinajstić information content (AvgIpc) is 2.38. The molecule has 0 heterocycles. The lowest BCUT2D eigenvalue weighted by Gasteiger charge is -2.22. The third-order valence-corrected chi connectivity index (χ3v) is 2.64. The summed E-state index contributed by atoms with van der Waals surface area (Å²) in [6.07, 6.45) is 0. The molecule has 2 N–H and O–H groups in total. The van der Waals surface area contributed by atoms with Gasteiger partial charge in [-0.25, -0.2) is 4.39 Å². The molecule has 5 nitrogen and oxygen atoms in total. The zero-order chi connectivity index (χ0) is 14.3. The molecule has 1 rings (SSSR count). The summed E-state index contributed by atoms with van der Waals surface area (Å²) in [5, 5.41) is 0. The summed E-state index contributed by atoms with van der Waals surface area (Å²) in [6.45, 7) is 1.52. The van der Waals surface area contributed by atoms with E-state index in [2.05, 4.69) is 0 Å². The van der Waals surface area contributed by atoms with Crippen LogP contribution < -0.4 is 5.73 Å². The van der Waals surface area contributed by atoms with Crippen molar-refractivity contribution in [2.45, 2.75) is 0 Å². The van der Waals surface area contributed by atoms with Crippen LogP contribution in [-0.2, 0) is 9.47 Å². The quantitative estimate of drug-likeness (QED) is 0.755. The Hall–Kier alpha value is -1.66. The molecule has 0 bridgehead atoms. The second-order valence-corrected chi connectivity index (χ2v) is 4.02. The Labute approximate surface area is 112 Å². The van der Waals surface area contributed by atoms with Crippen LogP contribution in [0.5, 0.6) is 0 Å². The molecule has 0 aromatic heterocycles. The zero-order valence-corrected chi connectivity index (χ0v) is 11.2. The number of nitrogen functional groups attached to an aromatic ring is 1. The first-order valence-electron chi connectivity index (χ1n) is 5.92. The van der Waals surface area contributed by atoms with E-state index in [-0.39, 0.29) is 11.3 Å². The Kier molecular flexibility index (Phi) is 6.24. The molecule has 19 heavy (non-hydrogen) atoms. The minimum Gasteiger partial charge on any atom is -0.399 e. The maximum atomic E-state index is 13.7. The summed E-state index contributed by atoms with van der Waals surface area (Å²) in [5.74, 6) is -1.02. The molecule has 0 aliphatic carbocycles. The molecule has 0 aliphatic rings. The van der Waals surface area contributed by atoms with E-state index in [0.717, 1.165) is 6.07 Å². The highest BCUT2D eigenvalue weighted by Gasteiger charge is 2.18. The Morgan fingerprint density at radius 2 is 1.84 bits per heavy atom. The number of hydrogen-bond donors (Lipinski definition) is 1. The van der Waals surface area contributed by atoms with Gasteiger partial charge in [0, 0.05) is 33.0 Å². The molecule has 1 amide bonds. The standard InChI is InChI=1S/C13H19FN2O3/c1-18-7-5-16(6-8-19-2)13(17)11-4-3-10(15)9-12(11)14/h3-4,9H,5-8,15H2,1-2H3. The molecule has 0 fully saturated rings. The van der Waals surface area contributed by atoms with Crippen molar-refractivity contribution in [2.24, 2.45) is 0 Å². The number of ether oxygens (including phenoxy) is 2. The number of hydrogen-bond acceptors (Lipinski definition) is 4. The van der Waals surface area contributed by atoms with Gasteiger partial charge in [-0.05, 0) is 18.2 Å². The molecule has 0 atom stereocenters. The predicted octanol–water partition coefficient (Wildman–Crippen LogP) is 1.14. The van der Waals surface area contributed by atoms with Crippen LogP contribution in [-0.4, -0.2) is 51.3 Å². The third-order valence-electron chi connectivity index (χ3n) is 2.64. The fraction of sp³-hybridized carbons (Fsp3) is 0.462. The monoisotopic (exact) mass is 270 g/mol. The van der Waals surface area contributed by atoms with Crippen molar-refractivity contribution < 1.29 is 18.7 Å². The average molecular weight is 270 g/mol. The topological polar surface area (TPSA) is 64.8 Å². The van der Waals surface area contributed by atoms with Gasteiger partial charge in [0.25, 0.3) is 5.91 Å². The minimum absolute atomic E-state index is 0.00130. The number of anilines is 1. The van der Waals surface area contributed by atoms with E-state index in [1.807, 2.05) is 0 Å². The highest BCUT2D eigenvalue weighted by atomic mass is 19.1. The van der Waals surface area contributed by atoms with Crippen molar-refractivity contribution >= 4 is 11.6 Å². The van der Waals surface area contributed by atoms with Crippen molar-refractivity contribution in [3.8, 4) is 0 Å². The normalized spacial score (nSPS) is 10.5. The van der Waals surface area contributed by atoms with Gasteiger partial charge in [0.2, 0.25) is 0 Å². The summed E-state index contributed by atoms with van der Waals surface area (Å²) in [5.41, 5.74) is 5.75. The minimum atomic E-state index is -0.621. The van der Waals surface area contributed by atoms with Crippen LogP contribution >= 0.6 is 0 Å². The molecule has 1 aromatic carbocycles. The number of halogens is 1. The summed E-state index contributed by atoms with van der Waals surface area (Å²) in [4.78, 5) is 13.7. The lowest BCUT2D eigenvalue weighted by Crippen LogP contribution is -2.37. The largest absolute Gasteiger partial charge is 0.399 e. The van der Waals surface area contributed by atoms with E-state index >= 15 is 0 Å². The maximum absolute atomic E-state index is 13.7. The molecular weight excluding hydrogens is 251 g/mol. The molecule has 0 spiro atoms. The second-order valence-electron chi connectivity index (χ2n) is 4.02. The van der Waals surface area contributed by atoms with Crippen molar-refractivity contribution in [2.75, 3.05) is 46.3 Å². The van der Waals surface area contributed by atoms with Crippen molar-refractivity contribution in [1.29, 1.82) is 0 Å². The molecule has 106 valence electrons. The number of rotatable bonds is 7. The van der Waals surface area contributed by atoms with Crippen LogP contribution in [0.15, 0.2) is 18.2 Å². The first kappa shape index (κ1) is 15.4. The number of amides is 1.